The van der Waals surface area contributed by atoms with E-state index in [4.69, 9.17) is 4.42 Å². The molecule has 2 unspecified atom stereocenters. The first kappa shape index (κ1) is 16.1. The van der Waals surface area contributed by atoms with E-state index in [2.05, 4.69) is 62.7 Å². The summed E-state index contributed by atoms with van der Waals surface area (Å²) in [5, 5.41) is 4.59. The Kier molecular flexibility index (Phi) is 3.21. The lowest BCUT2D eigenvalue weighted by Crippen LogP contribution is -2.54. The average Bonchev–Trinajstić information content (AvgIpc) is 3.11. The van der Waals surface area contributed by atoms with Gasteiger partial charge in [-0.2, -0.15) is 0 Å². The minimum Gasteiger partial charge on any atom is -0.441 e. The molecule has 1 aliphatic carbocycles. The van der Waals surface area contributed by atoms with Crippen molar-refractivity contribution in [3.63, 3.8) is 0 Å². The van der Waals surface area contributed by atoms with Crippen LogP contribution < -0.4 is 5.43 Å². The number of anilines is 1. The van der Waals surface area contributed by atoms with Crippen LogP contribution in [0.1, 0.15) is 20.7 Å². The summed E-state index contributed by atoms with van der Waals surface area (Å²) < 4.78 is 5.67. The molecule has 0 amide bonds. The van der Waals surface area contributed by atoms with Gasteiger partial charge in [-0.15, -0.1) is 0 Å². The lowest BCUT2D eigenvalue weighted by molar-refractivity contribution is 0.117. The number of oxazole rings is 1. The number of hydrogen-bond donors (Lipinski definition) is 1. The lowest BCUT2D eigenvalue weighted by Gasteiger charge is -2.40. The smallest absolute Gasteiger partial charge is 0.191 e. The fraction of sp³-hybridized carbons (Fsp3) is 0.364. The molecule has 1 saturated heterocycles. The van der Waals surface area contributed by atoms with E-state index in [1.807, 2.05) is 13.1 Å². The number of piperazine rings is 1. The van der Waals surface area contributed by atoms with Crippen LogP contribution in [0.15, 0.2) is 52.8 Å². The molecule has 3 aromatic rings. The number of benzene rings is 1. The SMILES string of the molecule is CC1=CN2CCN(Nc3cc4cc(-c5cnc(C)o5)ccc4cn3)CC23CC13.[HH]. The number of nitrogens with zero attached hydrogens (tertiary/aromatic N) is 4. The van der Waals surface area contributed by atoms with E-state index in [0.717, 1.165) is 53.5 Å². The zero-order chi connectivity index (χ0) is 18.9. The zero-order valence-electron chi connectivity index (χ0n) is 16.1. The summed E-state index contributed by atoms with van der Waals surface area (Å²) in [7, 11) is 0. The van der Waals surface area contributed by atoms with E-state index in [1.165, 1.54) is 6.42 Å². The molecule has 1 spiro atoms. The van der Waals surface area contributed by atoms with Gasteiger partial charge in [0.2, 0.25) is 0 Å². The molecule has 4 heterocycles. The predicted octanol–water partition coefficient (Wildman–Crippen LogP) is 4.06. The Morgan fingerprint density at radius 3 is 2.89 bits per heavy atom. The molecule has 6 nitrogen and oxygen atoms in total. The molecule has 3 aliphatic rings. The highest BCUT2D eigenvalue weighted by atomic mass is 16.4. The number of aryl methyl sites for hydroxylation is 1. The molecule has 0 radical (unpaired) electrons. The topological polar surface area (TPSA) is 57.4 Å². The van der Waals surface area contributed by atoms with Gasteiger partial charge in [0.15, 0.2) is 11.7 Å². The molecule has 6 heteroatoms. The van der Waals surface area contributed by atoms with Crippen molar-refractivity contribution < 1.29 is 5.84 Å². The van der Waals surface area contributed by atoms with Crippen LogP contribution in [0.2, 0.25) is 0 Å². The molecule has 1 N–H and O–H groups in total. The second-order valence-corrected chi connectivity index (χ2v) is 8.34. The van der Waals surface area contributed by atoms with Crippen molar-refractivity contribution in [1.82, 2.24) is 19.9 Å². The summed E-state index contributed by atoms with van der Waals surface area (Å²) in [6.07, 6.45) is 7.37. The van der Waals surface area contributed by atoms with Gasteiger partial charge in [-0.3, -0.25) is 0 Å². The van der Waals surface area contributed by atoms with Crippen molar-refractivity contribution in [2.75, 3.05) is 25.1 Å². The van der Waals surface area contributed by atoms with E-state index in [0.29, 0.717) is 11.4 Å². The van der Waals surface area contributed by atoms with Crippen molar-refractivity contribution in [3.05, 3.63) is 54.3 Å². The number of hydrazine groups is 1. The quantitative estimate of drug-likeness (QED) is 0.745. The van der Waals surface area contributed by atoms with E-state index < -0.39 is 0 Å². The third kappa shape index (κ3) is 2.37. The lowest BCUT2D eigenvalue weighted by atomic mass is 10.1. The summed E-state index contributed by atoms with van der Waals surface area (Å²) in [4.78, 5) is 11.4. The van der Waals surface area contributed by atoms with Crippen LogP contribution >= 0.6 is 0 Å². The number of rotatable bonds is 3. The van der Waals surface area contributed by atoms with Crippen LogP contribution in [-0.4, -0.2) is 45.0 Å². The Bertz CT molecular complexity index is 1130. The van der Waals surface area contributed by atoms with Crippen LogP contribution in [0.4, 0.5) is 5.82 Å². The zero-order valence-corrected chi connectivity index (χ0v) is 16.1. The van der Waals surface area contributed by atoms with Gasteiger partial charge in [0.25, 0.3) is 0 Å². The molecule has 2 atom stereocenters. The average molecular weight is 375 g/mol. The van der Waals surface area contributed by atoms with Gasteiger partial charge in [0, 0.05) is 51.0 Å². The van der Waals surface area contributed by atoms with Crippen molar-refractivity contribution in [3.8, 4) is 11.3 Å². The van der Waals surface area contributed by atoms with Crippen LogP contribution in [0.25, 0.3) is 22.1 Å². The van der Waals surface area contributed by atoms with Gasteiger partial charge in [0.1, 0.15) is 5.82 Å². The van der Waals surface area contributed by atoms with Gasteiger partial charge >= 0.3 is 0 Å². The summed E-state index contributed by atoms with van der Waals surface area (Å²) >= 11 is 0. The van der Waals surface area contributed by atoms with E-state index in [1.54, 1.807) is 11.8 Å². The van der Waals surface area contributed by atoms with Crippen LogP contribution in [-0.2, 0) is 0 Å². The minimum absolute atomic E-state index is 0. The number of nitrogens with one attached hydrogen (secondary N) is 1. The third-order valence-corrected chi connectivity index (χ3v) is 6.50. The number of fused-ring (bicyclic) bond motifs is 1. The highest BCUT2D eigenvalue weighted by Gasteiger charge is 2.63. The first-order chi connectivity index (χ1) is 13.6. The van der Waals surface area contributed by atoms with Crippen molar-refractivity contribution in [2.45, 2.75) is 25.8 Å². The summed E-state index contributed by atoms with van der Waals surface area (Å²) in [5.74, 6) is 3.11. The van der Waals surface area contributed by atoms with Gasteiger partial charge in [-0.25, -0.2) is 15.0 Å². The normalized spacial score (nSPS) is 26.1. The molecule has 1 saturated carbocycles. The molecule has 2 fully saturated rings. The molecule has 144 valence electrons. The Morgan fingerprint density at radius 2 is 2.07 bits per heavy atom. The molecular weight excluding hydrogens is 350 g/mol. The van der Waals surface area contributed by atoms with Crippen LogP contribution in [0.3, 0.4) is 0 Å². The van der Waals surface area contributed by atoms with Crippen molar-refractivity contribution in [1.29, 1.82) is 0 Å². The van der Waals surface area contributed by atoms with Gasteiger partial charge < -0.3 is 14.7 Å². The molecule has 28 heavy (non-hydrogen) atoms. The summed E-state index contributed by atoms with van der Waals surface area (Å²) in [5.41, 5.74) is 6.46. The maximum Gasteiger partial charge on any atom is 0.191 e. The Morgan fingerprint density at radius 1 is 1.14 bits per heavy atom. The third-order valence-electron chi connectivity index (χ3n) is 6.50. The highest BCUT2D eigenvalue weighted by molar-refractivity contribution is 5.87. The molecule has 6 rings (SSSR count). The van der Waals surface area contributed by atoms with Gasteiger partial charge in [-0.1, -0.05) is 17.7 Å². The van der Waals surface area contributed by atoms with Crippen molar-refractivity contribution in [2.24, 2.45) is 5.92 Å². The van der Waals surface area contributed by atoms with Gasteiger partial charge in [0.05, 0.1) is 11.7 Å². The molecule has 2 aromatic heterocycles. The minimum atomic E-state index is 0. The largest absolute Gasteiger partial charge is 0.441 e. The summed E-state index contributed by atoms with van der Waals surface area (Å²) in [6, 6.07) is 8.39. The van der Waals surface area contributed by atoms with Crippen molar-refractivity contribution >= 4 is 16.6 Å². The maximum atomic E-state index is 5.67. The Hall–Kier alpha value is -2.86. The Balaban J connectivity index is 0.00000181. The molecule has 2 aliphatic heterocycles. The highest BCUT2D eigenvalue weighted by Crippen LogP contribution is 2.58. The fourth-order valence-electron chi connectivity index (χ4n) is 4.96. The van der Waals surface area contributed by atoms with E-state index in [-0.39, 0.29) is 1.43 Å². The molecule has 0 bridgehead atoms. The second-order valence-electron chi connectivity index (χ2n) is 8.34. The second kappa shape index (κ2) is 5.58. The fourth-order valence-corrected chi connectivity index (χ4v) is 4.96. The molecule has 1 aromatic carbocycles. The standard InChI is InChI=1S/C22H23N5O.H2/c1-14-12-26-5-6-27(13-22(26)9-19(14)22)25-21-8-18-7-16(3-4-17(18)10-24-21)20-11-23-15(2)28-20;/h3-4,7-8,10-12,19H,5-6,9,13H2,1-2H3,(H,24,25);1H. The van der Waals surface area contributed by atoms with Crippen LogP contribution in [0, 0.1) is 12.8 Å². The van der Waals surface area contributed by atoms with Crippen LogP contribution in [0.5, 0.6) is 0 Å². The maximum absolute atomic E-state index is 5.67. The Labute approximate surface area is 165 Å². The van der Waals surface area contributed by atoms with E-state index >= 15 is 0 Å². The number of aromatic nitrogens is 2. The summed E-state index contributed by atoms with van der Waals surface area (Å²) in [6.45, 7) is 7.25. The van der Waals surface area contributed by atoms with Gasteiger partial charge in [-0.05, 0) is 37.1 Å². The monoisotopic (exact) mass is 375 g/mol. The first-order valence-corrected chi connectivity index (χ1v) is 9.90. The first-order valence-electron chi connectivity index (χ1n) is 9.90. The number of hydrogen-bond acceptors (Lipinski definition) is 6. The molecular formula is C22H25N5O. The van der Waals surface area contributed by atoms with E-state index in [9.17, 15) is 0 Å². The number of pyridine rings is 1. The predicted molar refractivity (Wildman–Crippen MR) is 111 cm³/mol.